The van der Waals surface area contributed by atoms with Crippen LogP contribution in [0.5, 0.6) is 0 Å². The fourth-order valence-corrected chi connectivity index (χ4v) is 9.07. The molecule has 0 aliphatic carbocycles. The lowest BCUT2D eigenvalue weighted by atomic mass is 9.84. The molecule has 0 fully saturated rings. The van der Waals surface area contributed by atoms with E-state index < -0.39 is 0 Å². The lowest BCUT2D eigenvalue weighted by molar-refractivity contribution is 1.30. The molecule has 0 aliphatic heterocycles. The molecule has 0 N–H and O–H groups in total. The maximum Gasteiger partial charge on any atom is 0.0540 e. The van der Waals surface area contributed by atoms with Crippen molar-refractivity contribution in [3.05, 3.63) is 237 Å². The fourth-order valence-electron chi connectivity index (χ4n) is 9.07. The molecular formula is C58H39N. The summed E-state index contributed by atoms with van der Waals surface area (Å²) in [4.78, 5) is 2.42. The molecule has 1 heteroatoms. The van der Waals surface area contributed by atoms with Crippen LogP contribution in [-0.4, -0.2) is 0 Å². The van der Waals surface area contributed by atoms with Gasteiger partial charge in [-0.05, 0) is 119 Å². The third-order valence-electron chi connectivity index (χ3n) is 11.8. The van der Waals surface area contributed by atoms with Crippen LogP contribution in [0.2, 0.25) is 0 Å². The minimum absolute atomic E-state index is 1.10. The SMILES string of the molecule is c1ccc(-c2ccc(N(c3ccc(-c4ccc5c(c4)c(-c4ccccc4)c(-c4ccccc4)c4ccccc45)cc3)c3ccc4ccccc4c3)c3ccccc23)cc1. The Balaban J connectivity index is 1.09. The lowest BCUT2D eigenvalue weighted by Crippen LogP contribution is -2.10. The molecule has 0 atom stereocenters. The molecule has 0 heterocycles. The lowest BCUT2D eigenvalue weighted by Gasteiger charge is -2.28. The second-order valence-corrected chi connectivity index (χ2v) is 15.2. The van der Waals surface area contributed by atoms with Gasteiger partial charge in [0.1, 0.15) is 0 Å². The number of hydrogen-bond acceptors (Lipinski definition) is 1. The summed E-state index contributed by atoms with van der Waals surface area (Å²) in [6.45, 7) is 0. The summed E-state index contributed by atoms with van der Waals surface area (Å²) in [7, 11) is 0. The van der Waals surface area contributed by atoms with E-state index in [1.165, 1.54) is 87.6 Å². The van der Waals surface area contributed by atoms with Crippen LogP contribution in [0.1, 0.15) is 0 Å². The van der Waals surface area contributed by atoms with Gasteiger partial charge in [-0.25, -0.2) is 0 Å². The van der Waals surface area contributed by atoms with Gasteiger partial charge in [0, 0.05) is 16.8 Å². The van der Waals surface area contributed by atoms with Gasteiger partial charge in [0.15, 0.2) is 0 Å². The molecule has 11 aromatic carbocycles. The van der Waals surface area contributed by atoms with Gasteiger partial charge in [-0.1, -0.05) is 200 Å². The van der Waals surface area contributed by atoms with Crippen molar-refractivity contribution in [3.8, 4) is 44.5 Å². The first-order valence-electron chi connectivity index (χ1n) is 20.3. The summed E-state index contributed by atoms with van der Waals surface area (Å²) < 4.78 is 0. The number of fused-ring (bicyclic) bond motifs is 5. The summed E-state index contributed by atoms with van der Waals surface area (Å²) >= 11 is 0. The Labute approximate surface area is 344 Å². The average Bonchev–Trinajstić information content (AvgIpc) is 3.32. The molecule has 0 saturated heterocycles. The van der Waals surface area contributed by atoms with Gasteiger partial charge in [0.2, 0.25) is 0 Å². The largest absolute Gasteiger partial charge is 0.310 e. The van der Waals surface area contributed by atoms with E-state index in [1.54, 1.807) is 0 Å². The zero-order valence-corrected chi connectivity index (χ0v) is 32.5. The van der Waals surface area contributed by atoms with Crippen molar-refractivity contribution in [2.45, 2.75) is 0 Å². The van der Waals surface area contributed by atoms with E-state index in [1.807, 2.05) is 0 Å². The van der Waals surface area contributed by atoms with Crippen molar-refractivity contribution in [3.63, 3.8) is 0 Å². The molecule has 11 aromatic rings. The smallest absolute Gasteiger partial charge is 0.0540 e. The predicted molar refractivity (Wildman–Crippen MR) is 253 cm³/mol. The van der Waals surface area contributed by atoms with Gasteiger partial charge in [0.05, 0.1) is 5.69 Å². The van der Waals surface area contributed by atoms with E-state index >= 15 is 0 Å². The molecule has 0 aliphatic rings. The summed E-state index contributed by atoms with van der Waals surface area (Å²) in [5, 5.41) is 9.90. The van der Waals surface area contributed by atoms with Crippen molar-refractivity contribution < 1.29 is 0 Å². The quantitative estimate of drug-likeness (QED) is 0.147. The maximum atomic E-state index is 2.42. The summed E-state index contributed by atoms with van der Waals surface area (Å²) in [6.07, 6.45) is 0. The summed E-state index contributed by atoms with van der Waals surface area (Å²) in [6, 6.07) is 86.2. The topological polar surface area (TPSA) is 3.24 Å². The zero-order valence-electron chi connectivity index (χ0n) is 32.5. The first-order chi connectivity index (χ1) is 29.3. The van der Waals surface area contributed by atoms with Crippen molar-refractivity contribution in [1.82, 2.24) is 0 Å². The van der Waals surface area contributed by atoms with Crippen molar-refractivity contribution >= 4 is 60.2 Å². The van der Waals surface area contributed by atoms with E-state index in [0.29, 0.717) is 0 Å². The molecule has 0 radical (unpaired) electrons. The van der Waals surface area contributed by atoms with Crippen LogP contribution >= 0.6 is 0 Å². The van der Waals surface area contributed by atoms with Crippen LogP contribution in [0, 0.1) is 0 Å². The number of hydrogen-bond donors (Lipinski definition) is 0. The van der Waals surface area contributed by atoms with E-state index in [2.05, 4.69) is 241 Å². The van der Waals surface area contributed by atoms with Gasteiger partial charge >= 0.3 is 0 Å². The highest BCUT2D eigenvalue weighted by molar-refractivity contribution is 6.22. The minimum atomic E-state index is 1.10. The third kappa shape index (κ3) is 6.12. The van der Waals surface area contributed by atoms with Crippen LogP contribution in [0.25, 0.3) is 87.6 Å². The van der Waals surface area contributed by atoms with Crippen LogP contribution in [0.15, 0.2) is 237 Å². The standard InChI is InChI=1S/C58H39N/c1-4-17-42(18-5-1)49-36-37-56(53-26-14-12-24-50(49)53)59(48-34-30-40-16-10-11-23-45(40)38-48)47-32-28-41(29-33-47)46-31-35-52-51-25-13-15-27-54(51)57(43-19-6-2-7-20-43)58(55(52)39-46)44-21-8-3-9-22-44/h1-39H. The first kappa shape index (κ1) is 34.5. The second-order valence-electron chi connectivity index (χ2n) is 15.2. The molecule has 1 nitrogen and oxygen atoms in total. The molecule has 11 rings (SSSR count). The van der Waals surface area contributed by atoms with E-state index in [-0.39, 0.29) is 0 Å². The Morgan fingerprint density at radius 1 is 0.237 bits per heavy atom. The molecule has 0 bridgehead atoms. The molecule has 0 saturated carbocycles. The van der Waals surface area contributed by atoms with Crippen molar-refractivity contribution in [1.29, 1.82) is 0 Å². The molecule has 276 valence electrons. The molecular weight excluding hydrogens is 711 g/mol. The molecule has 0 unspecified atom stereocenters. The Morgan fingerprint density at radius 2 is 0.746 bits per heavy atom. The normalized spacial score (nSPS) is 11.4. The minimum Gasteiger partial charge on any atom is -0.310 e. The highest BCUT2D eigenvalue weighted by Crippen LogP contribution is 2.47. The Hall–Kier alpha value is -7.74. The van der Waals surface area contributed by atoms with Gasteiger partial charge in [-0.15, -0.1) is 0 Å². The highest BCUT2D eigenvalue weighted by Gasteiger charge is 2.20. The summed E-state index contributed by atoms with van der Waals surface area (Å²) in [5.74, 6) is 0. The van der Waals surface area contributed by atoms with E-state index in [9.17, 15) is 0 Å². The third-order valence-corrected chi connectivity index (χ3v) is 11.8. The summed E-state index contributed by atoms with van der Waals surface area (Å²) in [5.41, 5.74) is 13.1. The highest BCUT2D eigenvalue weighted by atomic mass is 15.1. The van der Waals surface area contributed by atoms with Crippen LogP contribution < -0.4 is 4.90 Å². The van der Waals surface area contributed by atoms with Crippen LogP contribution in [-0.2, 0) is 0 Å². The van der Waals surface area contributed by atoms with Gasteiger partial charge in [-0.3, -0.25) is 0 Å². The fraction of sp³-hybridized carbons (Fsp3) is 0. The van der Waals surface area contributed by atoms with E-state index in [0.717, 1.165) is 17.1 Å². The van der Waals surface area contributed by atoms with Crippen LogP contribution in [0.4, 0.5) is 17.1 Å². The number of benzene rings is 11. The number of anilines is 3. The maximum absolute atomic E-state index is 2.42. The van der Waals surface area contributed by atoms with Crippen molar-refractivity contribution in [2.24, 2.45) is 0 Å². The van der Waals surface area contributed by atoms with Gasteiger partial charge in [-0.2, -0.15) is 0 Å². The monoisotopic (exact) mass is 749 g/mol. The van der Waals surface area contributed by atoms with Crippen LogP contribution in [0.3, 0.4) is 0 Å². The average molecular weight is 750 g/mol. The Morgan fingerprint density at radius 3 is 1.44 bits per heavy atom. The molecule has 0 aromatic heterocycles. The molecule has 59 heavy (non-hydrogen) atoms. The van der Waals surface area contributed by atoms with Gasteiger partial charge < -0.3 is 4.90 Å². The number of nitrogens with zero attached hydrogens (tertiary/aromatic N) is 1. The molecule has 0 amide bonds. The zero-order chi connectivity index (χ0) is 39.1. The van der Waals surface area contributed by atoms with Crippen molar-refractivity contribution in [2.75, 3.05) is 4.90 Å². The predicted octanol–water partition coefficient (Wildman–Crippen LogP) is 16.4. The number of rotatable bonds is 7. The Bertz CT molecular complexity index is 3300. The Kier molecular flexibility index (Phi) is 8.56. The van der Waals surface area contributed by atoms with Gasteiger partial charge in [0.25, 0.3) is 0 Å². The first-order valence-corrected chi connectivity index (χ1v) is 20.3. The van der Waals surface area contributed by atoms with E-state index in [4.69, 9.17) is 0 Å². The second kappa shape index (κ2) is 14.6. The molecule has 0 spiro atoms.